The van der Waals surface area contributed by atoms with Crippen LogP contribution in [0.25, 0.3) is 0 Å². The molecule has 1 rings (SSSR count). The average molecular weight is 318 g/mol. The number of nitro benzene ring substituents is 2. The van der Waals surface area contributed by atoms with E-state index >= 15 is 0 Å². The summed E-state index contributed by atoms with van der Waals surface area (Å²) < 4.78 is 18.2. The Balaban J connectivity index is 2.91. The first-order chi connectivity index (χ1) is 9.86. The first-order valence-electron chi connectivity index (χ1n) is 5.77. The molecule has 0 spiro atoms. The van der Waals surface area contributed by atoms with Crippen LogP contribution in [-0.2, 0) is 9.53 Å². The maximum atomic E-state index is 13.5. The SMILES string of the molecule is CCOC(=O)CCSc1cc(F)c([N+](=O)[O-])cc1[N+](=O)[O-]. The minimum absolute atomic E-state index is 0.00569. The van der Waals surface area contributed by atoms with Crippen LogP contribution in [0.3, 0.4) is 0 Å². The Hall–Kier alpha value is -2.23. The lowest BCUT2D eigenvalue weighted by Gasteiger charge is -2.04. The van der Waals surface area contributed by atoms with Crippen LogP contribution >= 0.6 is 11.8 Å². The molecule has 0 radical (unpaired) electrons. The van der Waals surface area contributed by atoms with E-state index in [1.54, 1.807) is 6.92 Å². The van der Waals surface area contributed by atoms with Crippen molar-refractivity contribution in [1.82, 2.24) is 0 Å². The van der Waals surface area contributed by atoms with Crippen molar-refractivity contribution in [2.45, 2.75) is 18.2 Å². The highest BCUT2D eigenvalue weighted by Gasteiger charge is 2.25. The van der Waals surface area contributed by atoms with Crippen molar-refractivity contribution >= 4 is 29.1 Å². The molecule has 0 amide bonds. The van der Waals surface area contributed by atoms with Gasteiger partial charge in [-0.15, -0.1) is 11.8 Å². The zero-order chi connectivity index (χ0) is 16.0. The first kappa shape index (κ1) is 16.8. The second-order valence-electron chi connectivity index (χ2n) is 3.69. The fourth-order valence-electron chi connectivity index (χ4n) is 1.41. The topological polar surface area (TPSA) is 113 Å². The number of carbonyl (C=O) groups is 1. The average Bonchev–Trinajstić information content (AvgIpc) is 2.38. The number of thioether (sulfide) groups is 1. The largest absolute Gasteiger partial charge is 0.466 e. The number of ether oxygens (including phenoxy) is 1. The molecule has 0 saturated carbocycles. The van der Waals surface area contributed by atoms with E-state index in [2.05, 4.69) is 4.74 Å². The van der Waals surface area contributed by atoms with Crippen LogP contribution in [0.1, 0.15) is 13.3 Å². The Bertz CT molecular complexity index is 580. The van der Waals surface area contributed by atoms with E-state index in [9.17, 15) is 29.4 Å². The Morgan fingerprint density at radius 1 is 1.29 bits per heavy atom. The van der Waals surface area contributed by atoms with Gasteiger partial charge in [0.05, 0.1) is 33.8 Å². The number of hydrogen-bond acceptors (Lipinski definition) is 7. The second-order valence-corrected chi connectivity index (χ2v) is 4.83. The number of benzene rings is 1. The van der Waals surface area contributed by atoms with Gasteiger partial charge in [-0.3, -0.25) is 25.0 Å². The van der Waals surface area contributed by atoms with Gasteiger partial charge in [-0.2, -0.15) is 4.39 Å². The third-order valence-electron chi connectivity index (χ3n) is 2.29. The van der Waals surface area contributed by atoms with Crippen LogP contribution < -0.4 is 0 Å². The summed E-state index contributed by atoms with van der Waals surface area (Å²) in [5, 5.41) is 21.4. The molecule has 114 valence electrons. The highest BCUT2D eigenvalue weighted by molar-refractivity contribution is 7.99. The molecule has 0 fully saturated rings. The van der Waals surface area contributed by atoms with Crippen LogP contribution in [0, 0.1) is 26.0 Å². The van der Waals surface area contributed by atoms with Gasteiger partial charge >= 0.3 is 11.7 Å². The van der Waals surface area contributed by atoms with Crippen molar-refractivity contribution in [3.8, 4) is 0 Å². The highest BCUT2D eigenvalue weighted by atomic mass is 32.2. The number of halogens is 1. The third kappa shape index (κ3) is 4.67. The Kier molecular flexibility index (Phi) is 6.03. The predicted molar refractivity (Wildman–Crippen MR) is 71.7 cm³/mol. The molecule has 0 heterocycles. The van der Waals surface area contributed by atoms with E-state index in [1.165, 1.54) is 0 Å². The molecule has 10 heteroatoms. The van der Waals surface area contributed by atoms with Crippen molar-refractivity contribution in [3.05, 3.63) is 38.2 Å². The summed E-state index contributed by atoms with van der Waals surface area (Å²) in [6, 6.07) is 1.30. The van der Waals surface area contributed by atoms with Gasteiger partial charge in [0.25, 0.3) is 5.69 Å². The maximum absolute atomic E-state index is 13.5. The standard InChI is InChI=1S/C11H11FN2O6S/c1-2-20-11(15)3-4-21-10-5-7(12)8(13(16)17)6-9(10)14(18)19/h5-6H,2-4H2,1H3. The molecule has 21 heavy (non-hydrogen) atoms. The molecule has 0 unspecified atom stereocenters. The molecular formula is C11H11FN2O6S. The second kappa shape index (κ2) is 7.53. The minimum atomic E-state index is -1.16. The van der Waals surface area contributed by atoms with Crippen molar-refractivity contribution in [1.29, 1.82) is 0 Å². The molecule has 0 aliphatic heterocycles. The molecule has 0 bridgehead atoms. The lowest BCUT2D eigenvalue weighted by atomic mass is 10.2. The van der Waals surface area contributed by atoms with Crippen molar-refractivity contribution in [3.63, 3.8) is 0 Å². The number of nitro groups is 2. The molecule has 0 aromatic heterocycles. The summed E-state index contributed by atoms with van der Waals surface area (Å²) >= 11 is 0.859. The summed E-state index contributed by atoms with van der Waals surface area (Å²) in [6.07, 6.45) is -0.00569. The molecule has 1 aromatic rings. The van der Waals surface area contributed by atoms with Crippen LogP contribution in [0.5, 0.6) is 0 Å². The monoisotopic (exact) mass is 318 g/mol. The van der Waals surface area contributed by atoms with Gasteiger partial charge in [-0.25, -0.2) is 0 Å². The fraction of sp³-hybridized carbons (Fsp3) is 0.364. The molecule has 8 nitrogen and oxygen atoms in total. The smallest absolute Gasteiger partial charge is 0.311 e. The summed E-state index contributed by atoms with van der Waals surface area (Å²) in [5.41, 5.74) is -1.53. The van der Waals surface area contributed by atoms with Gasteiger partial charge in [0, 0.05) is 11.8 Å². The molecular weight excluding hydrogens is 307 g/mol. The van der Waals surface area contributed by atoms with Crippen molar-refractivity contribution in [2.75, 3.05) is 12.4 Å². The van der Waals surface area contributed by atoms with Crippen LogP contribution in [0.2, 0.25) is 0 Å². The number of esters is 1. The van der Waals surface area contributed by atoms with Gasteiger partial charge in [-0.05, 0) is 6.92 Å². The summed E-state index contributed by atoms with van der Waals surface area (Å²) in [7, 11) is 0. The number of nitrogens with zero attached hydrogens (tertiary/aromatic N) is 2. The number of carbonyl (C=O) groups excluding carboxylic acids is 1. The summed E-state index contributed by atoms with van der Waals surface area (Å²) in [4.78, 5) is 30.6. The number of hydrogen-bond donors (Lipinski definition) is 0. The van der Waals surface area contributed by atoms with E-state index in [-0.39, 0.29) is 23.7 Å². The van der Waals surface area contributed by atoms with E-state index in [0.29, 0.717) is 6.07 Å². The molecule has 1 aromatic carbocycles. The number of rotatable bonds is 7. The van der Waals surface area contributed by atoms with Crippen LogP contribution in [0.4, 0.5) is 15.8 Å². The Morgan fingerprint density at radius 3 is 2.43 bits per heavy atom. The Labute approximate surface area is 122 Å². The van der Waals surface area contributed by atoms with Crippen molar-refractivity contribution < 1.29 is 23.8 Å². The summed E-state index contributed by atoms with van der Waals surface area (Å²) in [5.74, 6) is -1.50. The van der Waals surface area contributed by atoms with Gasteiger partial charge in [0.2, 0.25) is 5.82 Å². The lowest BCUT2D eigenvalue weighted by molar-refractivity contribution is -0.397. The molecule has 0 aliphatic carbocycles. The Morgan fingerprint density at radius 2 is 1.90 bits per heavy atom. The normalized spacial score (nSPS) is 10.2. The predicted octanol–water partition coefficient (Wildman–Crippen LogP) is 2.69. The van der Waals surface area contributed by atoms with E-state index < -0.39 is 33.0 Å². The van der Waals surface area contributed by atoms with E-state index in [0.717, 1.165) is 17.8 Å². The van der Waals surface area contributed by atoms with Crippen molar-refractivity contribution in [2.24, 2.45) is 0 Å². The van der Waals surface area contributed by atoms with Crippen LogP contribution in [0.15, 0.2) is 17.0 Å². The quantitative estimate of drug-likeness (QED) is 0.328. The fourth-order valence-corrected chi connectivity index (χ4v) is 2.37. The van der Waals surface area contributed by atoms with Gasteiger partial charge in [-0.1, -0.05) is 0 Å². The van der Waals surface area contributed by atoms with E-state index in [1.807, 2.05) is 0 Å². The molecule has 0 aliphatic rings. The molecule has 0 N–H and O–H groups in total. The minimum Gasteiger partial charge on any atom is -0.466 e. The third-order valence-corrected chi connectivity index (χ3v) is 3.34. The molecule has 0 atom stereocenters. The highest BCUT2D eigenvalue weighted by Crippen LogP contribution is 2.34. The van der Waals surface area contributed by atoms with Gasteiger partial charge in [0.15, 0.2) is 0 Å². The lowest BCUT2D eigenvalue weighted by Crippen LogP contribution is -2.05. The molecule has 0 saturated heterocycles. The maximum Gasteiger partial charge on any atom is 0.311 e. The van der Waals surface area contributed by atoms with Gasteiger partial charge in [0.1, 0.15) is 0 Å². The zero-order valence-corrected chi connectivity index (χ0v) is 11.7. The van der Waals surface area contributed by atoms with E-state index in [4.69, 9.17) is 0 Å². The van der Waals surface area contributed by atoms with Crippen LogP contribution in [-0.4, -0.2) is 28.2 Å². The van der Waals surface area contributed by atoms with Gasteiger partial charge < -0.3 is 4.74 Å². The first-order valence-corrected chi connectivity index (χ1v) is 6.76. The summed E-state index contributed by atoms with van der Waals surface area (Å²) in [6.45, 7) is 1.86. The zero-order valence-electron chi connectivity index (χ0n) is 10.9.